The van der Waals surface area contributed by atoms with E-state index >= 15 is 0 Å². The molecule has 0 spiro atoms. The fourth-order valence-corrected chi connectivity index (χ4v) is 1.74. The molecule has 0 saturated heterocycles. The van der Waals surface area contributed by atoms with Gasteiger partial charge in [-0.25, -0.2) is 4.98 Å². The Morgan fingerprint density at radius 1 is 1.05 bits per heavy atom. The van der Waals surface area contributed by atoms with E-state index in [2.05, 4.69) is 15.6 Å². The van der Waals surface area contributed by atoms with Crippen LogP contribution in [0, 0.1) is 13.8 Å². The molecule has 2 amide bonds. The van der Waals surface area contributed by atoms with Crippen molar-refractivity contribution in [3.05, 3.63) is 47.7 Å². The molecule has 6 heteroatoms. The Kier molecular flexibility index (Phi) is 4.18. The van der Waals surface area contributed by atoms with Crippen molar-refractivity contribution in [2.75, 3.05) is 10.6 Å². The average molecular weight is 285 g/mol. The molecule has 6 nitrogen and oxygen atoms in total. The van der Waals surface area contributed by atoms with Crippen molar-refractivity contribution in [1.82, 2.24) is 4.98 Å². The largest absolute Gasteiger partial charge is 0.508 e. The molecule has 0 aliphatic carbocycles. The molecule has 3 N–H and O–H groups in total. The van der Waals surface area contributed by atoms with Gasteiger partial charge in [0.15, 0.2) is 0 Å². The van der Waals surface area contributed by atoms with E-state index in [9.17, 15) is 14.7 Å². The fourth-order valence-electron chi connectivity index (χ4n) is 1.74. The number of anilines is 2. The monoisotopic (exact) mass is 285 g/mol. The zero-order valence-corrected chi connectivity index (χ0v) is 11.7. The van der Waals surface area contributed by atoms with Crippen molar-refractivity contribution in [2.45, 2.75) is 13.8 Å². The second-order valence-corrected chi connectivity index (χ2v) is 4.63. The normalized spacial score (nSPS) is 10.0. The van der Waals surface area contributed by atoms with Crippen LogP contribution in [0.1, 0.15) is 11.1 Å². The first-order valence-corrected chi connectivity index (χ1v) is 6.30. The summed E-state index contributed by atoms with van der Waals surface area (Å²) in [5.74, 6) is -1.19. The van der Waals surface area contributed by atoms with Crippen molar-refractivity contribution in [3.63, 3.8) is 0 Å². The lowest BCUT2D eigenvalue weighted by atomic mass is 10.2. The van der Waals surface area contributed by atoms with Crippen LogP contribution in [0.25, 0.3) is 0 Å². The molecule has 0 aliphatic rings. The zero-order chi connectivity index (χ0) is 15.4. The van der Waals surface area contributed by atoms with Crippen LogP contribution in [-0.4, -0.2) is 21.9 Å². The number of amides is 2. The maximum absolute atomic E-state index is 11.8. The summed E-state index contributed by atoms with van der Waals surface area (Å²) in [6, 6.07) is 7.91. The van der Waals surface area contributed by atoms with Gasteiger partial charge in [-0.3, -0.25) is 9.59 Å². The highest BCUT2D eigenvalue weighted by Crippen LogP contribution is 2.20. The minimum absolute atomic E-state index is 0.0962. The summed E-state index contributed by atoms with van der Waals surface area (Å²) in [6.45, 7) is 3.58. The third-order valence-electron chi connectivity index (χ3n) is 2.82. The minimum Gasteiger partial charge on any atom is -0.508 e. The van der Waals surface area contributed by atoms with Gasteiger partial charge in [-0.15, -0.1) is 0 Å². The van der Waals surface area contributed by atoms with Crippen molar-refractivity contribution in [2.24, 2.45) is 0 Å². The van der Waals surface area contributed by atoms with Crippen LogP contribution in [0.15, 0.2) is 36.5 Å². The Morgan fingerprint density at radius 3 is 2.43 bits per heavy atom. The number of phenolic OH excluding ortho intramolecular Hbond substituents is 1. The van der Waals surface area contributed by atoms with Crippen LogP contribution >= 0.6 is 0 Å². The van der Waals surface area contributed by atoms with Crippen molar-refractivity contribution in [3.8, 4) is 5.75 Å². The highest BCUT2D eigenvalue weighted by atomic mass is 16.3. The molecular weight excluding hydrogens is 270 g/mol. The van der Waals surface area contributed by atoms with E-state index in [-0.39, 0.29) is 5.75 Å². The number of pyridine rings is 1. The highest BCUT2D eigenvalue weighted by Gasteiger charge is 2.15. The smallest absolute Gasteiger partial charge is 0.315 e. The second kappa shape index (κ2) is 6.04. The molecule has 0 atom stereocenters. The van der Waals surface area contributed by atoms with Gasteiger partial charge >= 0.3 is 11.8 Å². The highest BCUT2D eigenvalue weighted by molar-refractivity contribution is 6.43. The summed E-state index contributed by atoms with van der Waals surface area (Å²) >= 11 is 0. The van der Waals surface area contributed by atoms with Crippen LogP contribution < -0.4 is 10.6 Å². The SMILES string of the molecule is Cc1ccnc(NC(=O)C(=O)Nc2ccc(O)cc2C)c1. The van der Waals surface area contributed by atoms with Crippen LogP contribution in [0.4, 0.5) is 11.5 Å². The molecule has 108 valence electrons. The first-order chi connectivity index (χ1) is 9.95. The van der Waals surface area contributed by atoms with Gasteiger partial charge in [-0.2, -0.15) is 0 Å². The molecule has 1 heterocycles. The Balaban J connectivity index is 2.04. The Hall–Kier alpha value is -2.89. The average Bonchev–Trinajstić information content (AvgIpc) is 2.41. The number of aryl methyl sites for hydroxylation is 2. The first kappa shape index (κ1) is 14.5. The number of aromatic nitrogens is 1. The summed E-state index contributed by atoms with van der Waals surface area (Å²) in [4.78, 5) is 27.6. The lowest BCUT2D eigenvalue weighted by molar-refractivity contribution is -0.133. The minimum atomic E-state index is -0.805. The molecule has 1 aromatic heterocycles. The van der Waals surface area contributed by atoms with Gasteiger partial charge < -0.3 is 15.7 Å². The van der Waals surface area contributed by atoms with Gasteiger partial charge in [0.2, 0.25) is 0 Å². The Morgan fingerprint density at radius 2 is 1.76 bits per heavy atom. The molecule has 0 unspecified atom stereocenters. The number of nitrogens with one attached hydrogen (secondary N) is 2. The summed E-state index contributed by atoms with van der Waals surface area (Å²) in [5.41, 5.74) is 2.05. The molecule has 0 radical (unpaired) electrons. The van der Waals surface area contributed by atoms with Crippen LogP contribution in [0.3, 0.4) is 0 Å². The summed E-state index contributed by atoms with van der Waals surface area (Å²) in [7, 11) is 0. The zero-order valence-electron chi connectivity index (χ0n) is 11.7. The van der Waals surface area contributed by atoms with E-state index in [1.165, 1.54) is 18.2 Å². The van der Waals surface area contributed by atoms with Crippen LogP contribution in [-0.2, 0) is 9.59 Å². The van der Waals surface area contributed by atoms with Gasteiger partial charge in [0, 0.05) is 11.9 Å². The van der Waals surface area contributed by atoms with E-state index in [0.29, 0.717) is 17.1 Å². The Labute approximate surface area is 121 Å². The maximum atomic E-state index is 11.8. The van der Waals surface area contributed by atoms with Crippen LogP contribution in [0.5, 0.6) is 5.75 Å². The number of rotatable bonds is 2. The first-order valence-electron chi connectivity index (χ1n) is 6.30. The van der Waals surface area contributed by atoms with E-state index in [4.69, 9.17) is 0 Å². The molecule has 2 rings (SSSR count). The topological polar surface area (TPSA) is 91.3 Å². The van der Waals surface area contributed by atoms with Crippen molar-refractivity contribution >= 4 is 23.3 Å². The molecule has 0 bridgehead atoms. The molecular formula is C15H15N3O3. The van der Waals surface area contributed by atoms with E-state index in [1.807, 2.05) is 6.92 Å². The van der Waals surface area contributed by atoms with Gasteiger partial charge in [0.25, 0.3) is 0 Å². The van der Waals surface area contributed by atoms with Gasteiger partial charge in [0.1, 0.15) is 11.6 Å². The van der Waals surface area contributed by atoms with E-state index in [1.54, 1.807) is 25.3 Å². The summed E-state index contributed by atoms with van der Waals surface area (Å²) < 4.78 is 0. The third-order valence-corrected chi connectivity index (χ3v) is 2.82. The third kappa shape index (κ3) is 3.79. The number of phenols is 1. The van der Waals surface area contributed by atoms with Gasteiger partial charge in [-0.1, -0.05) is 0 Å². The van der Waals surface area contributed by atoms with E-state index in [0.717, 1.165) is 5.56 Å². The standard InChI is InChI=1S/C15H15N3O3/c1-9-5-6-16-13(7-9)18-15(21)14(20)17-12-4-3-11(19)8-10(12)2/h3-8,19H,1-2H3,(H,17,20)(H,16,18,21). The number of carbonyl (C=O) groups is 2. The molecule has 2 aromatic rings. The number of carbonyl (C=O) groups excluding carboxylic acids is 2. The fraction of sp³-hybridized carbons (Fsp3) is 0.133. The lowest BCUT2D eigenvalue weighted by Crippen LogP contribution is -2.29. The summed E-state index contributed by atoms with van der Waals surface area (Å²) in [5, 5.41) is 14.2. The number of hydrogen-bond acceptors (Lipinski definition) is 4. The van der Waals surface area contributed by atoms with Crippen molar-refractivity contribution in [1.29, 1.82) is 0 Å². The van der Waals surface area contributed by atoms with Crippen LogP contribution in [0.2, 0.25) is 0 Å². The molecule has 0 fully saturated rings. The van der Waals surface area contributed by atoms with Gasteiger partial charge in [0.05, 0.1) is 0 Å². The number of nitrogens with zero attached hydrogens (tertiary/aromatic N) is 1. The Bertz CT molecular complexity index is 698. The molecule has 0 saturated carbocycles. The predicted octanol–water partition coefficient (Wildman–Crippen LogP) is 1.98. The van der Waals surface area contributed by atoms with E-state index < -0.39 is 11.8 Å². The van der Waals surface area contributed by atoms with Gasteiger partial charge in [-0.05, 0) is 55.3 Å². The number of aromatic hydroxyl groups is 1. The molecule has 21 heavy (non-hydrogen) atoms. The second-order valence-electron chi connectivity index (χ2n) is 4.63. The number of benzene rings is 1. The molecule has 1 aromatic carbocycles. The lowest BCUT2D eigenvalue weighted by Gasteiger charge is -2.09. The predicted molar refractivity (Wildman–Crippen MR) is 79.1 cm³/mol. The molecule has 0 aliphatic heterocycles. The number of hydrogen-bond donors (Lipinski definition) is 3. The van der Waals surface area contributed by atoms with Crippen molar-refractivity contribution < 1.29 is 14.7 Å². The summed E-state index contributed by atoms with van der Waals surface area (Å²) in [6.07, 6.45) is 1.55. The quantitative estimate of drug-likeness (QED) is 0.581. The maximum Gasteiger partial charge on any atom is 0.315 e.